The van der Waals surface area contributed by atoms with Crippen molar-refractivity contribution in [2.24, 2.45) is 4.99 Å². The van der Waals surface area contributed by atoms with Gasteiger partial charge in [0.25, 0.3) is 0 Å². The van der Waals surface area contributed by atoms with Gasteiger partial charge in [0.2, 0.25) is 0 Å². The van der Waals surface area contributed by atoms with Gasteiger partial charge in [0.05, 0.1) is 5.02 Å². The molecule has 6 nitrogen and oxygen atoms in total. The van der Waals surface area contributed by atoms with Crippen molar-refractivity contribution in [2.75, 3.05) is 51.2 Å². The molecule has 2 N–H and O–H groups in total. The Hall–Kier alpha value is -0.800. The lowest BCUT2D eigenvalue weighted by Crippen LogP contribution is -2.45. The van der Waals surface area contributed by atoms with Crippen LogP contribution in [0.2, 0.25) is 5.02 Å². The number of nitrogens with one attached hydrogen (secondary N) is 2. The number of hydrogen-bond acceptors (Lipinski definition) is 4. The van der Waals surface area contributed by atoms with E-state index < -0.39 is 0 Å². The zero-order valence-corrected chi connectivity index (χ0v) is 19.1. The van der Waals surface area contributed by atoms with E-state index in [9.17, 15) is 0 Å². The average molecular weight is 495 g/mol. The maximum Gasteiger partial charge on any atom is 0.191 e. The molecule has 2 rings (SSSR count). The maximum atomic E-state index is 6.25. The Kier molecular flexibility index (Phi) is 11.2. The molecule has 8 heteroatoms. The molecule has 1 aliphatic heterocycles. The first-order chi connectivity index (χ1) is 12.2. The van der Waals surface area contributed by atoms with E-state index in [0.717, 1.165) is 63.9 Å². The summed E-state index contributed by atoms with van der Waals surface area (Å²) < 4.78 is 0. The van der Waals surface area contributed by atoms with E-state index in [4.69, 9.17) is 11.6 Å². The highest BCUT2D eigenvalue weighted by Gasteiger charge is 2.25. The van der Waals surface area contributed by atoms with E-state index in [2.05, 4.69) is 44.3 Å². The Bertz CT molecular complexity index is 552. The minimum atomic E-state index is 0. The van der Waals surface area contributed by atoms with Crippen LogP contribution in [-0.2, 0) is 0 Å². The molecule has 0 radical (unpaired) electrons. The van der Waals surface area contributed by atoms with Crippen LogP contribution in [0.4, 0.5) is 5.82 Å². The summed E-state index contributed by atoms with van der Waals surface area (Å²) in [7, 11) is 1.82. The second-order valence-corrected chi connectivity index (χ2v) is 6.67. The Morgan fingerprint density at radius 1 is 1.42 bits per heavy atom. The summed E-state index contributed by atoms with van der Waals surface area (Å²) in [6.45, 7) is 10.5. The number of halogens is 2. The minimum Gasteiger partial charge on any atom is -0.356 e. The van der Waals surface area contributed by atoms with Crippen molar-refractivity contribution in [3.63, 3.8) is 0 Å². The third kappa shape index (κ3) is 7.08. The van der Waals surface area contributed by atoms with E-state index in [1.807, 2.05) is 19.2 Å². The third-order valence-electron chi connectivity index (χ3n) is 4.63. The van der Waals surface area contributed by atoms with Gasteiger partial charge in [-0.15, -0.1) is 24.0 Å². The van der Waals surface area contributed by atoms with Gasteiger partial charge in [0.1, 0.15) is 5.82 Å². The summed E-state index contributed by atoms with van der Waals surface area (Å²) in [5, 5.41) is 7.64. The molecule has 0 bridgehead atoms. The van der Waals surface area contributed by atoms with Gasteiger partial charge >= 0.3 is 0 Å². The highest BCUT2D eigenvalue weighted by molar-refractivity contribution is 14.0. The molecule has 1 aliphatic rings. The van der Waals surface area contributed by atoms with Gasteiger partial charge < -0.3 is 20.4 Å². The van der Waals surface area contributed by atoms with E-state index in [-0.39, 0.29) is 24.0 Å². The van der Waals surface area contributed by atoms with Crippen molar-refractivity contribution in [3.8, 4) is 0 Å². The highest BCUT2D eigenvalue weighted by atomic mass is 127. The van der Waals surface area contributed by atoms with Crippen LogP contribution in [0.15, 0.2) is 23.3 Å². The molecule has 0 saturated carbocycles. The SMILES string of the molecule is CCN(CC)CCCNC(=NC)NC1CCN(c2ncccc2Cl)C1.I. The van der Waals surface area contributed by atoms with Crippen molar-refractivity contribution < 1.29 is 0 Å². The van der Waals surface area contributed by atoms with Gasteiger partial charge in [0.15, 0.2) is 5.96 Å². The van der Waals surface area contributed by atoms with E-state index in [0.29, 0.717) is 11.1 Å². The lowest BCUT2D eigenvalue weighted by Gasteiger charge is -2.21. The molecule has 1 aromatic rings. The molecule has 26 heavy (non-hydrogen) atoms. The van der Waals surface area contributed by atoms with Gasteiger partial charge in [-0.2, -0.15) is 0 Å². The molecular formula is C18H32ClIN6. The van der Waals surface area contributed by atoms with Crippen LogP contribution in [-0.4, -0.2) is 68.2 Å². The molecule has 1 saturated heterocycles. The molecule has 1 aromatic heterocycles. The number of nitrogens with zero attached hydrogens (tertiary/aromatic N) is 4. The summed E-state index contributed by atoms with van der Waals surface area (Å²) in [6.07, 6.45) is 3.95. The van der Waals surface area contributed by atoms with Crippen molar-refractivity contribution in [3.05, 3.63) is 23.4 Å². The zero-order valence-electron chi connectivity index (χ0n) is 16.0. The highest BCUT2D eigenvalue weighted by Crippen LogP contribution is 2.25. The number of aliphatic imine (C=N–C) groups is 1. The van der Waals surface area contributed by atoms with Crippen LogP contribution in [0.1, 0.15) is 26.7 Å². The smallest absolute Gasteiger partial charge is 0.191 e. The summed E-state index contributed by atoms with van der Waals surface area (Å²) in [6, 6.07) is 4.11. The van der Waals surface area contributed by atoms with Gasteiger partial charge in [0, 0.05) is 38.9 Å². The number of hydrogen-bond donors (Lipinski definition) is 2. The van der Waals surface area contributed by atoms with Crippen molar-refractivity contribution >= 4 is 47.4 Å². The third-order valence-corrected chi connectivity index (χ3v) is 4.92. The molecule has 0 aliphatic carbocycles. The molecule has 1 unspecified atom stereocenters. The van der Waals surface area contributed by atoms with Crippen LogP contribution < -0.4 is 15.5 Å². The van der Waals surface area contributed by atoms with Crippen molar-refractivity contribution in [2.45, 2.75) is 32.7 Å². The van der Waals surface area contributed by atoms with Gasteiger partial charge in [-0.05, 0) is 44.6 Å². The van der Waals surface area contributed by atoms with Crippen LogP contribution >= 0.6 is 35.6 Å². The minimum absolute atomic E-state index is 0. The Balaban J connectivity index is 0.00000338. The quantitative estimate of drug-likeness (QED) is 0.252. The van der Waals surface area contributed by atoms with Gasteiger partial charge in [-0.1, -0.05) is 25.4 Å². The first-order valence-corrected chi connectivity index (χ1v) is 9.60. The van der Waals surface area contributed by atoms with Crippen LogP contribution in [0.3, 0.4) is 0 Å². The molecule has 1 atom stereocenters. The maximum absolute atomic E-state index is 6.25. The fourth-order valence-electron chi connectivity index (χ4n) is 3.12. The summed E-state index contributed by atoms with van der Waals surface area (Å²) in [5.41, 5.74) is 0. The predicted molar refractivity (Wildman–Crippen MR) is 122 cm³/mol. The first-order valence-electron chi connectivity index (χ1n) is 9.22. The van der Waals surface area contributed by atoms with Crippen LogP contribution in [0.25, 0.3) is 0 Å². The van der Waals surface area contributed by atoms with E-state index in [1.54, 1.807) is 6.20 Å². The van der Waals surface area contributed by atoms with Gasteiger partial charge in [-0.25, -0.2) is 4.98 Å². The average Bonchev–Trinajstić information content (AvgIpc) is 3.09. The number of aromatic nitrogens is 1. The van der Waals surface area contributed by atoms with E-state index >= 15 is 0 Å². The summed E-state index contributed by atoms with van der Waals surface area (Å²) >= 11 is 6.25. The molecule has 1 fully saturated rings. The second kappa shape index (κ2) is 12.6. The predicted octanol–water partition coefficient (Wildman–Crippen LogP) is 2.83. The monoisotopic (exact) mass is 494 g/mol. The Morgan fingerprint density at radius 2 is 2.19 bits per heavy atom. The Labute approximate surface area is 179 Å². The van der Waals surface area contributed by atoms with Gasteiger partial charge in [-0.3, -0.25) is 4.99 Å². The first kappa shape index (κ1) is 23.2. The molecule has 2 heterocycles. The Morgan fingerprint density at radius 3 is 2.85 bits per heavy atom. The topological polar surface area (TPSA) is 55.8 Å². The molecule has 148 valence electrons. The lowest BCUT2D eigenvalue weighted by atomic mass is 10.3. The fourth-order valence-corrected chi connectivity index (χ4v) is 3.36. The van der Waals surface area contributed by atoms with E-state index in [1.165, 1.54) is 0 Å². The largest absolute Gasteiger partial charge is 0.356 e. The van der Waals surface area contributed by atoms with Crippen LogP contribution in [0.5, 0.6) is 0 Å². The normalized spacial score (nSPS) is 17.3. The molecule has 0 aromatic carbocycles. The van der Waals surface area contributed by atoms with Crippen molar-refractivity contribution in [1.29, 1.82) is 0 Å². The van der Waals surface area contributed by atoms with Crippen LogP contribution in [0, 0.1) is 0 Å². The summed E-state index contributed by atoms with van der Waals surface area (Å²) in [4.78, 5) is 13.4. The standard InChI is InChI=1S/C18H31ClN6.HI/c1-4-24(5-2)12-7-11-22-18(20-3)23-15-9-13-25(14-15)17-16(19)8-6-10-21-17;/h6,8,10,15H,4-5,7,9,11-14H2,1-3H3,(H2,20,22,23);1H. The number of pyridine rings is 1. The number of rotatable bonds is 8. The molecule has 0 spiro atoms. The zero-order chi connectivity index (χ0) is 18.1. The number of guanidine groups is 1. The molecular weight excluding hydrogens is 463 g/mol. The lowest BCUT2D eigenvalue weighted by molar-refractivity contribution is 0.300. The van der Waals surface area contributed by atoms with Crippen molar-refractivity contribution in [1.82, 2.24) is 20.5 Å². The second-order valence-electron chi connectivity index (χ2n) is 6.26. The number of anilines is 1. The fraction of sp³-hybridized carbons (Fsp3) is 0.667. The summed E-state index contributed by atoms with van der Waals surface area (Å²) in [5.74, 6) is 1.74. The molecule has 0 amide bonds.